The van der Waals surface area contributed by atoms with Crippen molar-refractivity contribution >= 4 is 63.6 Å². The molecule has 13 heteroatoms. The van der Waals surface area contributed by atoms with E-state index in [0.29, 0.717) is 33.1 Å². The maximum absolute atomic E-state index is 13.0. The van der Waals surface area contributed by atoms with Gasteiger partial charge in [-0.05, 0) is 55.0 Å². The van der Waals surface area contributed by atoms with Gasteiger partial charge in [-0.3, -0.25) is 14.4 Å². The molecule has 5 rings (SSSR count). The number of amides is 3. The molecule has 0 radical (unpaired) electrons. The van der Waals surface area contributed by atoms with Crippen molar-refractivity contribution < 1.29 is 19.1 Å². The van der Waals surface area contributed by atoms with E-state index in [0.717, 1.165) is 22.3 Å². The van der Waals surface area contributed by atoms with Crippen molar-refractivity contribution in [1.29, 1.82) is 0 Å². The summed E-state index contributed by atoms with van der Waals surface area (Å²) in [6, 6.07) is 17.5. The van der Waals surface area contributed by atoms with Crippen LogP contribution in [0.4, 0.5) is 5.69 Å². The lowest BCUT2D eigenvalue weighted by Crippen LogP contribution is -2.37. The number of pyridine rings is 1. The normalized spacial score (nSPS) is 11.1. The van der Waals surface area contributed by atoms with Gasteiger partial charge in [-0.2, -0.15) is 5.10 Å². The highest BCUT2D eigenvalue weighted by molar-refractivity contribution is 6.38. The number of aromatic nitrogens is 4. The fourth-order valence-electron chi connectivity index (χ4n) is 4.63. The Kier molecular flexibility index (Phi) is 9.94. The van der Waals surface area contributed by atoms with Crippen LogP contribution in [0.3, 0.4) is 0 Å². The zero-order valence-electron chi connectivity index (χ0n) is 25.1. The Hall–Kier alpha value is -5.26. The molecule has 3 aromatic carbocycles. The SMILES string of the molecule is CNC(=O)c1ccc(/C=C/C(=O)NCC(=O)N(C)c2ccc(Cl)c(COc3cccc4c(-n5cncn5)cc(C)nc34)c2Cl)cc1. The number of ether oxygens (including phenoxy) is 1. The predicted octanol–water partition coefficient (Wildman–Crippen LogP) is 5.16. The Labute approximate surface area is 274 Å². The van der Waals surface area contributed by atoms with Crippen LogP contribution in [0.15, 0.2) is 79.4 Å². The molecule has 46 heavy (non-hydrogen) atoms. The molecule has 5 aromatic rings. The van der Waals surface area contributed by atoms with Gasteiger partial charge < -0.3 is 20.3 Å². The second kappa shape index (κ2) is 14.2. The number of nitrogens with zero attached hydrogens (tertiary/aromatic N) is 5. The minimum Gasteiger partial charge on any atom is -0.487 e. The van der Waals surface area contributed by atoms with E-state index in [-0.39, 0.29) is 24.1 Å². The number of fused-ring (bicyclic) bond motifs is 1. The summed E-state index contributed by atoms with van der Waals surface area (Å²) in [6.45, 7) is 1.62. The van der Waals surface area contributed by atoms with Gasteiger partial charge in [0, 0.05) is 47.4 Å². The van der Waals surface area contributed by atoms with Gasteiger partial charge in [-0.25, -0.2) is 14.6 Å². The molecule has 0 saturated heterocycles. The molecular weight excluding hydrogens is 629 g/mol. The summed E-state index contributed by atoms with van der Waals surface area (Å²) in [5.41, 5.74) is 4.32. The summed E-state index contributed by atoms with van der Waals surface area (Å²) >= 11 is 13.3. The summed E-state index contributed by atoms with van der Waals surface area (Å²) in [5, 5.41) is 10.8. The van der Waals surface area contributed by atoms with Crippen LogP contribution in [0, 0.1) is 6.92 Å². The van der Waals surface area contributed by atoms with E-state index >= 15 is 0 Å². The first-order valence-electron chi connectivity index (χ1n) is 14.1. The van der Waals surface area contributed by atoms with E-state index in [1.54, 1.807) is 73.6 Å². The fourth-order valence-corrected chi connectivity index (χ4v) is 5.24. The van der Waals surface area contributed by atoms with E-state index in [2.05, 4.69) is 20.7 Å². The molecule has 0 bridgehead atoms. The van der Waals surface area contributed by atoms with Crippen LogP contribution in [0.1, 0.15) is 27.2 Å². The van der Waals surface area contributed by atoms with Gasteiger partial charge >= 0.3 is 0 Å². The maximum Gasteiger partial charge on any atom is 0.251 e. The Morgan fingerprint density at radius 3 is 2.57 bits per heavy atom. The summed E-state index contributed by atoms with van der Waals surface area (Å²) in [5.74, 6) is -0.545. The lowest BCUT2D eigenvalue weighted by molar-refractivity contribution is -0.122. The summed E-state index contributed by atoms with van der Waals surface area (Å²) < 4.78 is 7.86. The molecule has 0 atom stereocenters. The highest BCUT2D eigenvalue weighted by atomic mass is 35.5. The third kappa shape index (κ3) is 7.17. The van der Waals surface area contributed by atoms with Crippen LogP contribution in [0.5, 0.6) is 5.75 Å². The number of rotatable bonds is 10. The Balaban J connectivity index is 1.25. The van der Waals surface area contributed by atoms with Gasteiger partial charge in [0.1, 0.15) is 30.5 Å². The Morgan fingerprint density at radius 1 is 1.07 bits per heavy atom. The Bertz CT molecular complexity index is 1940. The zero-order chi connectivity index (χ0) is 32.8. The molecule has 0 unspecified atom stereocenters. The van der Waals surface area contributed by atoms with Crippen LogP contribution >= 0.6 is 23.2 Å². The van der Waals surface area contributed by atoms with Crippen molar-refractivity contribution in [3.8, 4) is 11.4 Å². The van der Waals surface area contributed by atoms with E-state index in [9.17, 15) is 14.4 Å². The zero-order valence-corrected chi connectivity index (χ0v) is 26.6. The molecule has 11 nitrogen and oxygen atoms in total. The molecule has 234 valence electrons. The third-order valence-electron chi connectivity index (χ3n) is 7.09. The number of benzene rings is 3. The van der Waals surface area contributed by atoms with Crippen molar-refractivity contribution in [2.75, 3.05) is 25.5 Å². The molecule has 2 N–H and O–H groups in total. The van der Waals surface area contributed by atoms with Crippen LogP contribution in [-0.2, 0) is 16.2 Å². The standard InChI is InChI=1S/C33H29Cl2N7O4/c1-20-15-27(42-19-37-18-39-42)23-5-4-6-28(32(23)40-20)46-17-24-25(34)12-13-26(31(24)35)41(3)30(44)16-38-29(43)14-9-21-7-10-22(11-8-21)33(45)36-2/h4-15,18-19H,16-17H2,1-3H3,(H,36,45)(H,38,43)/b14-9+. The third-order valence-corrected chi connectivity index (χ3v) is 7.86. The van der Waals surface area contributed by atoms with Gasteiger partial charge in [-0.1, -0.05) is 47.5 Å². The smallest absolute Gasteiger partial charge is 0.251 e. The highest BCUT2D eigenvalue weighted by Gasteiger charge is 2.20. The first kappa shape index (κ1) is 32.1. The average molecular weight is 659 g/mol. The van der Waals surface area contributed by atoms with Gasteiger partial charge in [0.15, 0.2) is 0 Å². The summed E-state index contributed by atoms with van der Waals surface area (Å²) in [6.07, 6.45) is 5.97. The van der Waals surface area contributed by atoms with Crippen LogP contribution in [0.2, 0.25) is 10.0 Å². The van der Waals surface area contributed by atoms with E-state index in [4.69, 9.17) is 32.9 Å². The minimum absolute atomic E-state index is 0.00651. The highest BCUT2D eigenvalue weighted by Crippen LogP contribution is 2.36. The first-order chi connectivity index (χ1) is 22.2. The monoisotopic (exact) mass is 657 g/mol. The first-order valence-corrected chi connectivity index (χ1v) is 14.8. The molecule has 3 amide bonds. The van der Waals surface area contributed by atoms with Crippen molar-refractivity contribution in [3.63, 3.8) is 0 Å². The van der Waals surface area contributed by atoms with Crippen molar-refractivity contribution in [3.05, 3.63) is 112 Å². The molecule has 2 aromatic heterocycles. The molecule has 0 saturated carbocycles. The molecule has 2 heterocycles. The number of hydrogen-bond donors (Lipinski definition) is 2. The number of likely N-dealkylation sites (N-methyl/N-ethyl adjacent to an activating group) is 1. The van der Waals surface area contributed by atoms with Crippen molar-refractivity contribution in [2.45, 2.75) is 13.5 Å². The molecule has 0 aliphatic rings. The van der Waals surface area contributed by atoms with Gasteiger partial charge in [-0.15, -0.1) is 0 Å². The second-order valence-corrected chi connectivity index (χ2v) is 10.9. The average Bonchev–Trinajstić information content (AvgIpc) is 3.60. The molecule has 0 aliphatic carbocycles. The van der Waals surface area contributed by atoms with Gasteiger partial charge in [0.05, 0.1) is 22.9 Å². The lowest BCUT2D eigenvalue weighted by Gasteiger charge is -2.21. The Morgan fingerprint density at radius 2 is 1.85 bits per heavy atom. The van der Waals surface area contributed by atoms with E-state index < -0.39 is 11.8 Å². The minimum atomic E-state index is -0.459. The molecule has 0 fully saturated rings. The van der Waals surface area contributed by atoms with E-state index in [1.807, 2.05) is 25.1 Å². The quantitative estimate of drug-likeness (QED) is 0.198. The number of para-hydroxylation sites is 1. The van der Waals surface area contributed by atoms with Crippen LogP contribution in [-0.4, -0.2) is 58.1 Å². The molecular formula is C33H29Cl2N7O4. The number of halogens is 2. The number of carbonyl (C=O) groups excluding carboxylic acids is 3. The topological polar surface area (TPSA) is 131 Å². The number of hydrogen-bond acceptors (Lipinski definition) is 7. The second-order valence-electron chi connectivity index (χ2n) is 10.1. The summed E-state index contributed by atoms with van der Waals surface area (Å²) in [7, 11) is 3.11. The number of anilines is 1. The largest absolute Gasteiger partial charge is 0.487 e. The lowest BCUT2D eigenvalue weighted by atomic mass is 10.1. The van der Waals surface area contributed by atoms with E-state index in [1.165, 1.54) is 17.3 Å². The number of carbonyl (C=O) groups is 3. The van der Waals surface area contributed by atoms with Crippen molar-refractivity contribution in [2.24, 2.45) is 0 Å². The number of nitrogens with one attached hydrogen (secondary N) is 2. The fraction of sp³-hybridized carbons (Fsp3) is 0.152. The molecule has 0 spiro atoms. The maximum atomic E-state index is 13.0. The van der Waals surface area contributed by atoms with Gasteiger partial charge in [0.25, 0.3) is 5.91 Å². The number of aryl methyl sites for hydroxylation is 1. The molecule has 0 aliphatic heterocycles. The van der Waals surface area contributed by atoms with Gasteiger partial charge in [0.2, 0.25) is 11.8 Å². The summed E-state index contributed by atoms with van der Waals surface area (Å²) in [4.78, 5) is 47.1. The van der Waals surface area contributed by atoms with Crippen LogP contribution in [0.25, 0.3) is 22.7 Å². The predicted molar refractivity (Wildman–Crippen MR) is 177 cm³/mol. The van der Waals surface area contributed by atoms with Crippen LogP contribution < -0.4 is 20.3 Å². The van der Waals surface area contributed by atoms with Crippen molar-refractivity contribution in [1.82, 2.24) is 30.4 Å².